The molecule has 4 nitrogen and oxygen atoms in total. The van der Waals surface area contributed by atoms with E-state index in [1.807, 2.05) is 0 Å². The van der Waals surface area contributed by atoms with Crippen LogP contribution in [-0.4, -0.2) is 40.1 Å². The van der Waals surface area contributed by atoms with Crippen LogP contribution in [0.4, 0.5) is 4.39 Å². The Hall–Kier alpha value is -1.13. The van der Waals surface area contributed by atoms with Crippen LogP contribution in [0.25, 0.3) is 0 Å². The normalized spacial score (nSPS) is 38.1. The Kier molecular flexibility index (Phi) is 1.58. The monoisotopic (exact) mass is 187 g/mol. The number of nitrogens with zero attached hydrogens (tertiary/aromatic N) is 1. The molecule has 2 aliphatic rings. The third-order valence-electron chi connectivity index (χ3n) is 2.91. The van der Waals surface area contributed by atoms with Crippen LogP contribution in [-0.2, 0) is 9.59 Å². The third-order valence-corrected chi connectivity index (χ3v) is 2.91. The smallest absolute Gasteiger partial charge is 0.329 e. The van der Waals surface area contributed by atoms with E-state index in [0.717, 1.165) is 0 Å². The van der Waals surface area contributed by atoms with Crippen molar-refractivity contribution in [2.75, 3.05) is 6.54 Å². The molecule has 2 heterocycles. The van der Waals surface area contributed by atoms with Gasteiger partial charge in [-0.05, 0) is 6.42 Å². The largest absolute Gasteiger partial charge is 0.479 e. The van der Waals surface area contributed by atoms with Crippen LogP contribution in [0.2, 0.25) is 0 Å². The molecule has 2 rings (SSSR count). The van der Waals surface area contributed by atoms with E-state index >= 15 is 0 Å². The summed E-state index contributed by atoms with van der Waals surface area (Å²) in [5.74, 6) is -1.30. The first-order chi connectivity index (χ1) is 6.06. The molecule has 1 N–H and O–H groups in total. The highest BCUT2D eigenvalue weighted by molar-refractivity contribution is 5.91. The van der Waals surface area contributed by atoms with Crippen LogP contribution in [0.3, 0.4) is 0 Å². The molecule has 2 fully saturated rings. The number of carbonyl (C=O) groups is 2. The van der Waals surface area contributed by atoms with Gasteiger partial charge in [0.15, 0.2) is 0 Å². The highest BCUT2D eigenvalue weighted by Gasteiger charge is 2.57. The Morgan fingerprint density at radius 2 is 2.38 bits per heavy atom. The number of carboxylic acid groups (broad SMARTS) is 1. The van der Waals surface area contributed by atoms with Crippen LogP contribution in [0.1, 0.15) is 19.3 Å². The van der Waals surface area contributed by atoms with Gasteiger partial charge in [0.05, 0.1) is 6.54 Å². The van der Waals surface area contributed by atoms with Crippen LogP contribution >= 0.6 is 0 Å². The van der Waals surface area contributed by atoms with E-state index < -0.39 is 17.7 Å². The zero-order valence-corrected chi connectivity index (χ0v) is 6.99. The Morgan fingerprint density at radius 1 is 1.69 bits per heavy atom. The van der Waals surface area contributed by atoms with E-state index in [-0.39, 0.29) is 31.7 Å². The minimum absolute atomic E-state index is 0.0475. The first kappa shape index (κ1) is 8.47. The molecule has 0 radical (unpaired) electrons. The predicted molar refractivity (Wildman–Crippen MR) is 40.8 cm³/mol. The molecule has 2 aliphatic heterocycles. The quantitative estimate of drug-likeness (QED) is 0.636. The first-order valence-corrected chi connectivity index (χ1v) is 4.24. The lowest BCUT2D eigenvalue weighted by molar-refractivity contribution is -0.151. The number of hydrogen-bond donors (Lipinski definition) is 1. The molecule has 0 bridgehead atoms. The third kappa shape index (κ3) is 0.959. The van der Waals surface area contributed by atoms with Gasteiger partial charge in [0.2, 0.25) is 5.91 Å². The van der Waals surface area contributed by atoms with Gasteiger partial charge >= 0.3 is 5.97 Å². The number of rotatable bonds is 1. The molecule has 0 saturated carbocycles. The van der Waals surface area contributed by atoms with Crippen molar-refractivity contribution in [1.29, 1.82) is 0 Å². The van der Waals surface area contributed by atoms with Gasteiger partial charge in [0.25, 0.3) is 0 Å². The molecule has 13 heavy (non-hydrogen) atoms. The average Bonchev–Trinajstić information content (AvgIpc) is 2.51. The maximum Gasteiger partial charge on any atom is 0.329 e. The Morgan fingerprint density at radius 3 is 2.92 bits per heavy atom. The number of aliphatic carboxylic acids is 1. The lowest BCUT2D eigenvalue weighted by atomic mass is 9.94. The standard InChI is InChI=1S/C8H10FNO3/c9-5-3-8(7(12)13)2-1-6(11)10(8)4-5/h5H,1-4H2,(H,12,13)/t5-,8+/m1/s1. The second kappa shape index (κ2) is 2.43. The second-order valence-electron chi connectivity index (χ2n) is 3.64. The van der Waals surface area contributed by atoms with Crippen molar-refractivity contribution >= 4 is 11.9 Å². The minimum Gasteiger partial charge on any atom is -0.479 e. The van der Waals surface area contributed by atoms with Gasteiger partial charge < -0.3 is 10.0 Å². The van der Waals surface area contributed by atoms with Crippen LogP contribution < -0.4 is 0 Å². The van der Waals surface area contributed by atoms with E-state index in [4.69, 9.17) is 5.11 Å². The number of hydrogen-bond acceptors (Lipinski definition) is 2. The summed E-state index contributed by atoms with van der Waals surface area (Å²) < 4.78 is 13.0. The van der Waals surface area contributed by atoms with E-state index in [1.165, 1.54) is 4.90 Å². The van der Waals surface area contributed by atoms with Gasteiger partial charge in [-0.3, -0.25) is 4.79 Å². The fraction of sp³-hybridized carbons (Fsp3) is 0.750. The van der Waals surface area contributed by atoms with Crippen molar-refractivity contribution in [3.8, 4) is 0 Å². The summed E-state index contributed by atoms with van der Waals surface area (Å²) in [4.78, 5) is 23.3. The maximum atomic E-state index is 13.0. The first-order valence-electron chi connectivity index (χ1n) is 4.24. The van der Waals surface area contributed by atoms with Crippen LogP contribution in [0.5, 0.6) is 0 Å². The number of fused-ring (bicyclic) bond motifs is 1. The molecular weight excluding hydrogens is 177 g/mol. The van der Waals surface area contributed by atoms with Crippen LogP contribution in [0, 0.1) is 0 Å². The molecule has 0 aromatic heterocycles. The van der Waals surface area contributed by atoms with Gasteiger partial charge in [-0.25, -0.2) is 9.18 Å². The molecule has 5 heteroatoms. The number of carbonyl (C=O) groups excluding carboxylic acids is 1. The Balaban J connectivity index is 2.35. The molecule has 0 aromatic rings. The molecule has 1 amide bonds. The summed E-state index contributed by atoms with van der Waals surface area (Å²) in [5.41, 5.74) is -1.23. The molecule has 0 aliphatic carbocycles. The Bertz CT molecular complexity index is 281. The zero-order valence-electron chi connectivity index (χ0n) is 6.99. The predicted octanol–water partition coefficient (Wildman–Crippen LogP) is 0.174. The van der Waals surface area contributed by atoms with Crippen molar-refractivity contribution in [1.82, 2.24) is 4.90 Å². The highest BCUT2D eigenvalue weighted by Crippen LogP contribution is 2.40. The fourth-order valence-electron chi connectivity index (χ4n) is 2.25. The van der Waals surface area contributed by atoms with Crippen molar-refractivity contribution in [3.63, 3.8) is 0 Å². The van der Waals surface area contributed by atoms with Crippen molar-refractivity contribution < 1.29 is 19.1 Å². The summed E-state index contributed by atoms with van der Waals surface area (Å²) >= 11 is 0. The topological polar surface area (TPSA) is 57.6 Å². The van der Waals surface area contributed by atoms with Gasteiger partial charge in [-0.15, -0.1) is 0 Å². The Labute approximate surface area is 74.3 Å². The van der Waals surface area contributed by atoms with Crippen molar-refractivity contribution in [2.45, 2.75) is 31.0 Å². The van der Waals surface area contributed by atoms with Gasteiger partial charge in [-0.2, -0.15) is 0 Å². The van der Waals surface area contributed by atoms with E-state index in [2.05, 4.69) is 0 Å². The fourth-order valence-corrected chi connectivity index (χ4v) is 2.25. The van der Waals surface area contributed by atoms with Gasteiger partial charge in [0, 0.05) is 12.8 Å². The van der Waals surface area contributed by atoms with Gasteiger partial charge in [-0.1, -0.05) is 0 Å². The number of amides is 1. The van der Waals surface area contributed by atoms with Gasteiger partial charge in [0.1, 0.15) is 11.7 Å². The van der Waals surface area contributed by atoms with E-state index in [9.17, 15) is 14.0 Å². The molecule has 2 atom stereocenters. The SMILES string of the molecule is O=C1CC[C@@]2(C(=O)O)C[C@@H](F)CN12. The lowest BCUT2D eigenvalue weighted by Gasteiger charge is -2.26. The second-order valence-corrected chi connectivity index (χ2v) is 3.64. The molecule has 72 valence electrons. The summed E-state index contributed by atoms with van der Waals surface area (Å²) in [7, 11) is 0. The van der Waals surface area contributed by atoms with E-state index in [0.29, 0.717) is 0 Å². The number of halogens is 1. The number of alkyl halides is 1. The summed E-state index contributed by atoms with van der Waals surface area (Å²) in [6, 6.07) is 0. The summed E-state index contributed by atoms with van der Waals surface area (Å²) in [6.45, 7) is -0.0505. The molecule has 0 spiro atoms. The molecule has 0 unspecified atom stereocenters. The summed E-state index contributed by atoms with van der Waals surface area (Å²) in [6.07, 6.45) is -0.741. The molecule has 2 saturated heterocycles. The van der Waals surface area contributed by atoms with Crippen LogP contribution in [0.15, 0.2) is 0 Å². The summed E-state index contributed by atoms with van der Waals surface area (Å²) in [5, 5.41) is 8.95. The minimum atomic E-state index is -1.23. The average molecular weight is 187 g/mol. The highest BCUT2D eigenvalue weighted by atomic mass is 19.1. The molecule has 0 aromatic carbocycles. The molecular formula is C8H10FNO3. The zero-order chi connectivity index (χ0) is 9.64. The van der Waals surface area contributed by atoms with Crippen molar-refractivity contribution in [2.24, 2.45) is 0 Å². The number of carboxylic acids is 1. The van der Waals surface area contributed by atoms with Crippen molar-refractivity contribution in [3.05, 3.63) is 0 Å². The maximum absolute atomic E-state index is 13.0. The van der Waals surface area contributed by atoms with E-state index in [1.54, 1.807) is 0 Å². The lowest BCUT2D eigenvalue weighted by Crippen LogP contribution is -2.47.